The summed E-state index contributed by atoms with van der Waals surface area (Å²) in [5.74, 6) is 0.422. The molecule has 0 radical (unpaired) electrons. The average molecular weight is 288 g/mol. The van der Waals surface area contributed by atoms with Crippen LogP contribution in [0.5, 0.6) is 0 Å². The highest BCUT2D eigenvalue weighted by Crippen LogP contribution is 2.24. The SMILES string of the molecule is Cc1onc(-c2ccccc2)c1C(=O)NCCC[NH+](C)C. The van der Waals surface area contributed by atoms with E-state index in [9.17, 15) is 4.79 Å². The first kappa shape index (κ1) is 15.3. The highest BCUT2D eigenvalue weighted by Gasteiger charge is 2.21. The second kappa shape index (κ2) is 7.04. The Morgan fingerprint density at radius 1 is 1.29 bits per heavy atom. The Morgan fingerprint density at radius 2 is 2.00 bits per heavy atom. The summed E-state index contributed by atoms with van der Waals surface area (Å²) in [5.41, 5.74) is 2.01. The summed E-state index contributed by atoms with van der Waals surface area (Å²) in [4.78, 5) is 13.7. The molecule has 2 N–H and O–H groups in total. The Kier molecular flexibility index (Phi) is 5.11. The molecule has 0 atom stereocenters. The van der Waals surface area contributed by atoms with Gasteiger partial charge < -0.3 is 14.7 Å². The van der Waals surface area contributed by atoms with Crippen LogP contribution in [0.4, 0.5) is 0 Å². The molecule has 0 saturated carbocycles. The van der Waals surface area contributed by atoms with E-state index in [0.717, 1.165) is 18.5 Å². The summed E-state index contributed by atoms with van der Waals surface area (Å²) >= 11 is 0. The first-order valence-electron chi connectivity index (χ1n) is 7.18. The molecule has 1 amide bonds. The maximum absolute atomic E-state index is 12.3. The van der Waals surface area contributed by atoms with Crippen LogP contribution in [0, 0.1) is 6.92 Å². The normalized spacial score (nSPS) is 10.9. The average Bonchev–Trinajstić information content (AvgIpc) is 2.86. The quantitative estimate of drug-likeness (QED) is 0.777. The number of quaternary nitrogens is 1. The van der Waals surface area contributed by atoms with E-state index in [1.54, 1.807) is 6.92 Å². The van der Waals surface area contributed by atoms with E-state index in [2.05, 4.69) is 24.6 Å². The minimum absolute atomic E-state index is 0.124. The number of carbonyl (C=O) groups is 1. The van der Waals surface area contributed by atoms with Crippen LogP contribution in [0.3, 0.4) is 0 Å². The van der Waals surface area contributed by atoms with E-state index in [1.165, 1.54) is 4.90 Å². The Morgan fingerprint density at radius 3 is 2.67 bits per heavy atom. The fourth-order valence-corrected chi connectivity index (χ4v) is 2.16. The van der Waals surface area contributed by atoms with Gasteiger partial charge in [-0.2, -0.15) is 0 Å². The second-order valence-electron chi connectivity index (χ2n) is 5.39. The minimum Gasteiger partial charge on any atom is -0.360 e. The van der Waals surface area contributed by atoms with Gasteiger partial charge in [-0.15, -0.1) is 0 Å². The molecular formula is C16H22N3O2+. The third-order valence-electron chi connectivity index (χ3n) is 3.28. The Bertz CT molecular complexity index is 591. The molecule has 1 aromatic heterocycles. The molecule has 21 heavy (non-hydrogen) atoms. The summed E-state index contributed by atoms with van der Waals surface area (Å²) in [5, 5.41) is 6.96. The summed E-state index contributed by atoms with van der Waals surface area (Å²) in [6.45, 7) is 3.44. The van der Waals surface area contributed by atoms with E-state index < -0.39 is 0 Å². The van der Waals surface area contributed by atoms with Crippen molar-refractivity contribution >= 4 is 5.91 Å². The first-order valence-corrected chi connectivity index (χ1v) is 7.18. The van der Waals surface area contributed by atoms with Gasteiger partial charge in [-0.3, -0.25) is 4.79 Å². The molecule has 1 aromatic carbocycles. The van der Waals surface area contributed by atoms with Gasteiger partial charge in [-0.25, -0.2) is 0 Å². The summed E-state index contributed by atoms with van der Waals surface area (Å²) in [7, 11) is 4.19. The van der Waals surface area contributed by atoms with Gasteiger partial charge in [0.25, 0.3) is 5.91 Å². The summed E-state index contributed by atoms with van der Waals surface area (Å²) in [6.07, 6.45) is 0.944. The van der Waals surface area contributed by atoms with Gasteiger partial charge in [-0.05, 0) is 6.92 Å². The van der Waals surface area contributed by atoms with Crippen LogP contribution in [0.1, 0.15) is 22.5 Å². The van der Waals surface area contributed by atoms with Crippen molar-refractivity contribution in [1.29, 1.82) is 0 Å². The van der Waals surface area contributed by atoms with Gasteiger partial charge >= 0.3 is 0 Å². The lowest BCUT2D eigenvalue weighted by Crippen LogP contribution is -3.05. The molecule has 5 nitrogen and oxygen atoms in total. The number of aromatic nitrogens is 1. The van der Waals surface area contributed by atoms with Crippen molar-refractivity contribution in [1.82, 2.24) is 10.5 Å². The van der Waals surface area contributed by atoms with Crippen molar-refractivity contribution in [3.05, 3.63) is 41.7 Å². The molecule has 0 bridgehead atoms. The van der Waals surface area contributed by atoms with Crippen LogP contribution < -0.4 is 10.2 Å². The standard InChI is InChI=1S/C16H21N3O2/c1-12-14(16(20)17-10-7-11-19(2)3)15(18-21-12)13-8-5-4-6-9-13/h4-6,8-9H,7,10-11H2,1-3H3,(H,17,20)/p+1. The van der Waals surface area contributed by atoms with Gasteiger partial charge in [-0.1, -0.05) is 35.5 Å². The zero-order valence-electron chi connectivity index (χ0n) is 12.8. The lowest BCUT2D eigenvalue weighted by molar-refractivity contribution is -0.858. The number of hydrogen-bond donors (Lipinski definition) is 2. The van der Waals surface area contributed by atoms with Crippen molar-refractivity contribution in [2.45, 2.75) is 13.3 Å². The van der Waals surface area contributed by atoms with E-state index in [1.807, 2.05) is 30.3 Å². The number of benzene rings is 1. The highest BCUT2D eigenvalue weighted by atomic mass is 16.5. The zero-order valence-corrected chi connectivity index (χ0v) is 12.8. The zero-order chi connectivity index (χ0) is 15.2. The summed E-state index contributed by atoms with van der Waals surface area (Å²) in [6, 6.07) is 9.61. The molecule has 0 saturated heterocycles. The Hall–Kier alpha value is -2.14. The first-order chi connectivity index (χ1) is 10.1. The molecule has 2 rings (SSSR count). The number of nitrogens with zero attached hydrogens (tertiary/aromatic N) is 1. The third-order valence-corrected chi connectivity index (χ3v) is 3.28. The highest BCUT2D eigenvalue weighted by molar-refractivity contribution is 6.00. The molecule has 112 valence electrons. The van der Waals surface area contributed by atoms with E-state index in [0.29, 0.717) is 23.6 Å². The number of amides is 1. The van der Waals surface area contributed by atoms with Gasteiger partial charge in [0, 0.05) is 18.5 Å². The number of hydrogen-bond acceptors (Lipinski definition) is 3. The topological polar surface area (TPSA) is 59.6 Å². The fourth-order valence-electron chi connectivity index (χ4n) is 2.16. The predicted molar refractivity (Wildman–Crippen MR) is 81.3 cm³/mol. The van der Waals surface area contributed by atoms with E-state index in [4.69, 9.17) is 4.52 Å². The minimum atomic E-state index is -0.124. The maximum Gasteiger partial charge on any atom is 0.257 e. The molecule has 2 aromatic rings. The monoisotopic (exact) mass is 288 g/mol. The van der Waals surface area contributed by atoms with E-state index >= 15 is 0 Å². The number of carbonyl (C=O) groups excluding carboxylic acids is 1. The molecule has 1 heterocycles. The molecule has 0 unspecified atom stereocenters. The van der Waals surface area contributed by atoms with Gasteiger partial charge in [0.05, 0.1) is 20.6 Å². The molecule has 5 heteroatoms. The lowest BCUT2D eigenvalue weighted by atomic mass is 10.1. The molecule has 0 aliphatic rings. The number of aryl methyl sites for hydroxylation is 1. The second-order valence-corrected chi connectivity index (χ2v) is 5.39. The maximum atomic E-state index is 12.3. The Labute approximate surface area is 124 Å². The number of nitrogens with one attached hydrogen (secondary N) is 2. The molecule has 0 aliphatic heterocycles. The third kappa shape index (κ3) is 3.92. The molecule has 0 aliphatic carbocycles. The van der Waals surface area contributed by atoms with Crippen LogP contribution in [-0.4, -0.2) is 38.2 Å². The van der Waals surface area contributed by atoms with Crippen molar-refractivity contribution in [2.24, 2.45) is 0 Å². The molecule has 0 spiro atoms. The largest absolute Gasteiger partial charge is 0.360 e. The number of rotatable bonds is 6. The smallest absolute Gasteiger partial charge is 0.257 e. The molecular weight excluding hydrogens is 266 g/mol. The van der Waals surface area contributed by atoms with Crippen molar-refractivity contribution < 1.29 is 14.2 Å². The predicted octanol–water partition coefficient (Wildman–Crippen LogP) is 0.914. The summed E-state index contributed by atoms with van der Waals surface area (Å²) < 4.78 is 5.20. The van der Waals surface area contributed by atoms with Crippen LogP contribution >= 0.6 is 0 Å². The lowest BCUT2D eigenvalue weighted by Gasteiger charge is -2.08. The van der Waals surface area contributed by atoms with E-state index in [-0.39, 0.29) is 5.91 Å². The van der Waals surface area contributed by atoms with Crippen LogP contribution in [0.15, 0.2) is 34.9 Å². The van der Waals surface area contributed by atoms with Gasteiger partial charge in [0.2, 0.25) is 0 Å². The van der Waals surface area contributed by atoms with Crippen LogP contribution in [0.25, 0.3) is 11.3 Å². The van der Waals surface area contributed by atoms with Crippen LogP contribution in [0.2, 0.25) is 0 Å². The van der Waals surface area contributed by atoms with Crippen molar-refractivity contribution in [3.63, 3.8) is 0 Å². The molecule has 0 fully saturated rings. The van der Waals surface area contributed by atoms with Crippen molar-refractivity contribution in [3.8, 4) is 11.3 Å². The fraction of sp³-hybridized carbons (Fsp3) is 0.375. The van der Waals surface area contributed by atoms with Gasteiger partial charge in [0.1, 0.15) is 17.0 Å². The van der Waals surface area contributed by atoms with Crippen molar-refractivity contribution in [2.75, 3.05) is 27.2 Å². The van der Waals surface area contributed by atoms with Crippen LogP contribution in [-0.2, 0) is 0 Å². The van der Waals surface area contributed by atoms with Gasteiger partial charge in [0.15, 0.2) is 0 Å². The Balaban J connectivity index is 2.09.